The summed E-state index contributed by atoms with van der Waals surface area (Å²) in [6.07, 6.45) is 7.09. The molecule has 0 spiro atoms. The third-order valence-electron chi connectivity index (χ3n) is 3.14. The second kappa shape index (κ2) is 6.36. The van der Waals surface area contributed by atoms with Gasteiger partial charge in [0.15, 0.2) is 0 Å². The first-order valence-corrected chi connectivity index (χ1v) is 6.61. The summed E-state index contributed by atoms with van der Waals surface area (Å²) in [4.78, 5) is 16.8. The summed E-state index contributed by atoms with van der Waals surface area (Å²) in [5, 5.41) is 0. The van der Waals surface area contributed by atoms with Crippen LogP contribution in [0.25, 0.3) is 0 Å². The third kappa shape index (κ3) is 6.03. The Balaban J connectivity index is 2.39. The van der Waals surface area contributed by atoms with Gasteiger partial charge in [0.2, 0.25) is 5.91 Å². The molecule has 1 saturated carbocycles. The molecule has 0 aliphatic heterocycles. The molecule has 0 unspecified atom stereocenters. The molecule has 3 N–H and O–H groups in total. The minimum atomic E-state index is -0.364. The second-order valence-corrected chi connectivity index (χ2v) is 6.03. The lowest BCUT2D eigenvalue weighted by Crippen LogP contribution is -2.45. The predicted molar refractivity (Wildman–Crippen MR) is 68.1 cm³/mol. The van der Waals surface area contributed by atoms with Crippen molar-refractivity contribution in [1.29, 1.82) is 0 Å². The fraction of sp³-hybridized carbons (Fsp3) is 0.923. The Bertz CT molecular complexity index is 242. The van der Waals surface area contributed by atoms with Crippen LogP contribution in [0.15, 0.2) is 0 Å². The zero-order chi connectivity index (χ0) is 12.9. The van der Waals surface area contributed by atoms with Gasteiger partial charge in [0, 0.05) is 0 Å². The molecule has 4 nitrogen and oxygen atoms in total. The highest BCUT2D eigenvalue weighted by Crippen LogP contribution is 2.27. The summed E-state index contributed by atoms with van der Waals surface area (Å²) in [5.74, 6) is 0.289. The van der Waals surface area contributed by atoms with Crippen molar-refractivity contribution < 1.29 is 9.63 Å². The van der Waals surface area contributed by atoms with E-state index in [9.17, 15) is 4.79 Å². The molecule has 0 aromatic carbocycles. The molecule has 0 radical (unpaired) electrons. The van der Waals surface area contributed by atoms with E-state index < -0.39 is 0 Å². The van der Waals surface area contributed by atoms with E-state index in [0.29, 0.717) is 5.92 Å². The van der Waals surface area contributed by atoms with Gasteiger partial charge in [-0.05, 0) is 33.1 Å². The summed E-state index contributed by atoms with van der Waals surface area (Å²) >= 11 is 0. The van der Waals surface area contributed by atoms with Crippen LogP contribution in [0.4, 0.5) is 0 Å². The van der Waals surface area contributed by atoms with Crippen molar-refractivity contribution in [3.05, 3.63) is 0 Å². The van der Waals surface area contributed by atoms with Gasteiger partial charge in [0.1, 0.15) is 6.04 Å². The van der Waals surface area contributed by atoms with Crippen molar-refractivity contribution in [3.63, 3.8) is 0 Å². The summed E-state index contributed by atoms with van der Waals surface area (Å²) in [6, 6.07) is -0.364. The summed E-state index contributed by atoms with van der Waals surface area (Å²) in [7, 11) is 0. The summed E-state index contributed by atoms with van der Waals surface area (Å²) < 4.78 is 0. The highest BCUT2D eigenvalue weighted by molar-refractivity contribution is 5.79. The second-order valence-electron chi connectivity index (χ2n) is 6.03. The molecular weight excluding hydrogens is 216 g/mol. The van der Waals surface area contributed by atoms with Gasteiger partial charge in [-0.2, -0.15) is 5.48 Å². The lowest BCUT2D eigenvalue weighted by atomic mass is 9.85. The third-order valence-corrected chi connectivity index (χ3v) is 3.14. The maximum atomic E-state index is 11.4. The average Bonchev–Trinajstić information content (AvgIpc) is 2.24. The normalized spacial score (nSPS) is 20.2. The molecule has 1 aliphatic rings. The zero-order valence-corrected chi connectivity index (χ0v) is 11.3. The first kappa shape index (κ1) is 14.5. The van der Waals surface area contributed by atoms with Gasteiger partial charge in [-0.25, -0.2) is 0 Å². The Morgan fingerprint density at radius 1 is 1.35 bits per heavy atom. The van der Waals surface area contributed by atoms with Crippen LogP contribution in [-0.4, -0.2) is 17.6 Å². The molecule has 1 aliphatic carbocycles. The van der Waals surface area contributed by atoms with Gasteiger partial charge < -0.3 is 5.73 Å². The van der Waals surface area contributed by atoms with Gasteiger partial charge in [-0.15, -0.1) is 0 Å². The van der Waals surface area contributed by atoms with Crippen LogP contribution >= 0.6 is 0 Å². The van der Waals surface area contributed by atoms with E-state index >= 15 is 0 Å². The molecule has 1 atom stereocenters. The van der Waals surface area contributed by atoms with Crippen LogP contribution in [0.5, 0.6) is 0 Å². The van der Waals surface area contributed by atoms with Crippen LogP contribution < -0.4 is 11.2 Å². The monoisotopic (exact) mass is 242 g/mol. The average molecular weight is 242 g/mol. The van der Waals surface area contributed by atoms with Crippen LogP contribution in [0.2, 0.25) is 0 Å². The number of nitrogens with two attached hydrogens (primary N) is 1. The SMILES string of the molecule is CC(C)(C)ON[C@H](CC1CCCCC1)C(N)=O. The lowest BCUT2D eigenvalue weighted by Gasteiger charge is -2.28. The van der Waals surface area contributed by atoms with Crippen molar-refractivity contribution in [2.45, 2.75) is 70.9 Å². The molecule has 1 amide bonds. The van der Waals surface area contributed by atoms with Gasteiger partial charge >= 0.3 is 0 Å². The Morgan fingerprint density at radius 2 is 1.94 bits per heavy atom. The topological polar surface area (TPSA) is 64.3 Å². The number of carbonyl (C=O) groups is 1. The summed E-state index contributed by atoms with van der Waals surface area (Å²) in [5.41, 5.74) is 7.93. The molecule has 0 saturated heterocycles. The molecule has 0 aromatic heterocycles. The fourth-order valence-electron chi connectivity index (χ4n) is 2.23. The number of hydroxylamine groups is 1. The molecule has 17 heavy (non-hydrogen) atoms. The van der Waals surface area contributed by atoms with Crippen molar-refractivity contribution in [1.82, 2.24) is 5.48 Å². The lowest BCUT2D eigenvalue weighted by molar-refractivity contribution is -0.133. The highest BCUT2D eigenvalue weighted by Gasteiger charge is 2.24. The molecule has 1 fully saturated rings. The Morgan fingerprint density at radius 3 is 2.41 bits per heavy atom. The number of rotatable bonds is 5. The number of nitrogens with one attached hydrogen (secondary N) is 1. The van der Waals surface area contributed by atoms with Crippen molar-refractivity contribution in [2.75, 3.05) is 0 Å². The van der Waals surface area contributed by atoms with E-state index in [0.717, 1.165) is 6.42 Å². The van der Waals surface area contributed by atoms with E-state index in [1.54, 1.807) is 0 Å². The molecule has 0 bridgehead atoms. The smallest absolute Gasteiger partial charge is 0.236 e. The maximum Gasteiger partial charge on any atom is 0.236 e. The molecule has 0 heterocycles. The van der Waals surface area contributed by atoms with Crippen LogP contribution in [0.1, 0.15) is 59.3 Å². The maximum absolute atomic E-state index is 11.4. The van der Waals surface area contributed by atoms with Crippen molar-refractivity contribution >= 4 is 5.91 Å². The highest BCUT2D eigenvalue weighted by atomic mass is 16.7. The Kier molecular flexibility index (Phi) is 5.40. The van der Waals surface area contributed by atoms with Gasteiger partial charge in [-0.3, -0.25) is 9.63 Å². The fourth-order valence-corrected chi connectivity index (χ4v) is 2.23. The number of carbonyl (C=O) groups excluding carboxylic acids is 1. The van der Waals surface area contributed by atoms with E-state index in [4.69, 9.17) is 10.6 Å². The predicted octanol–water partition coefficient (Wildman–Crippen LogP) is 2.13. The number of amides is 1. The van der Waals surface area contributed by atoms with E-state index in [-0.39, 0.29) is 17.6 Å². The minimum absolute atomic E-state index is 0.305. The van der Waals surface area contributed by atoms with E-state index in [1.165, 1.54) is 32.1 Å². The first-order chi connectivity index (χ1) is 7.88. The van der Waals surface area contributed by atoms with Crippen LogP contribution in [-0.2, 0) is 9.63 Å². The van der Waals surface area contributed by atoms with Crippen molar-refractivity contribution in [3.8, 4) is 0 Å². The molecular formula is C13H26N2O2. The van der Waals surface area contributed by atoms with Crippen LogP contribution in [0, 0.1) is 5.92 Å². The molecule has 4 heteroatoms. The number of primary amides is 1. The van der Waals surface area contributed by atoms with Gasteiger partial charge in [0.05, 0.1) is 5.60 Å². The van der Waals surface area contributed by atoms with E-state index in [1.807, 2.05) is 20.8 Å². The Labute approximate surface area is 104 Å². The Hall–Kier alpha value is -0.610. The van der Waals surface area contributed by atoms with Crippen molar-refractivity contribution in [2.24, 2.45) is 11.7 Å². The number of hydrogen-bond acceptors (Lipinski definition) is 3. The number of hydrogen-bond donors (Lipinski definition) is 2. The van der Waals surface area contributed by atoms with Crippen LogP contribution in [0.3, 0.4) is 0 Å². The first-order valence-electron chi connectivity index (χ1n) is 6.61. The molecule has 1 rings (SSSR count). The minimum Gasteiger partial charge on any atom is -0.368 e. The zero-order valence-electron chi connectivity index (χ0n) is 11.3. The van der Waals surface area contributed by atoms with Gasteiger partial charge in [0.25, 0.3) is 0 Å². The largest absolute Gasteiger partial charge is 0.368 e. The quantitative estimate of drug-likeness (QED) is 0.726. The molecule has 100 valence electrons. The summed E-state index contributed by atoms with van der Waals surface area (Å²) in [6.45, 7) is 5.83. The van der Waals surface area contributed by atoms with Gasteiger partial charge in [-0.1, -0.05) is 32.1 Å². The van der Waals surface area contributed by atoms with E-state index in [2.05, 4.69) is 5.48 Å². The standard InChI is InChI=1S/C13H26N2O2/c1-13(2,3)17-15-11(12(14)16)9-10-7-5-4-6-8-10/h10-11,15H,4-9H2,1-3H3,(H2,14,16)/t11-/m1/s1. The molecule has 0 aromatic rings.